The Morgan fingerprint density at radius 3 is 2.78 bits per heavy atom. The summed E-state index contributed by atoms with van der Waals surface area (Å²) in [6.45, 7) is 1.89. The summed E-state index contributed by atoms with van der Waals surface area (Å²) < 4.78 is 19.1. The molecule has 0 amide bonds. The van der Waals surface area contributed by atoms with E-state index in [0.717, 1.165) is 0 Å². The molecule has 0 spiro atoms. The van der Waals surface area contributed by atoms with Crippen molar-refractivity contribution < 1.29 is 13.9 Å². The first-order chi connectivity index (χ1) is 11.1. The second kappa shape index (κ2) is 6.42. The lowest BCUT2D eigenvalue weighted by Gasteiger charge is -2.07. The average molecular weight is 332 g/mol. The Balaban J connectivity index is 2.20. The Bertz CT molecular complexity index is 873. The van der Waals surface area contributed by atoms with Crippen LogP contribution in [0.25, 0.3) is 22.2 Å². The summed E-state index contributed by atoms with van der Waals surface area (Å²) in [5, 5.41) is 1.04. The van der Waals surface area contributed by atoms with Gasteiger partial charge in [-0.3, -0.25) is 4.79 Å². The van der Waals surface area contributed by atoms with E-state index in [0.29, 0.717) is 45.8 Å². The quantitative estimate of drug-likeness (QED) is 0.656. The number of aromatic nitrogens is 1. The molecule has 0 saturated carbocycles. The number of aromatic amines is 1. The van der Waals surface area contributed by atoms with Gasteiger partial charge in [0.2, 0.25) is 0 Å². The van der Waals surface area contributed by atoms with Gasteiger partial charge in [-0.15, -0.1) is 0 Å². The summed E-state index contributed by atoms with van der Waals surface area (Å²) >= 11 is 6.25. The zero-order chi connectivity index (χ0) is 16.4. The van der Waals surface area contributed by atoms with Gasteiger partial charge in [-0.05, 0) is 30.7 Å². The molecule has 3 aromatic rings. The van der Waals surface area contributed by atoms with Crippen molar-refractivity contribution in [2.75, 3.05) is 0 Å². The fourth-order valence-electron chi connectivity index (χ4n) is 2.47. The third-order valence-electron chi connectivity index (χ3n) is 3.53. The van der Waals surface area contributed by atoms with Crippen LogP contribution in [0.2, 0.25) is 5.02 Å². The molecule has 0 aliphatic rings. The number of ether oxygens (including phenoxy) is 1. The molecule has 3 nitrogen and oxygen atoms in total. The Labute approximate surface area is 138 Å². The number of carbonyl (C=O) groups excluding carboxylic acids is 1. The van der Waals surface area contributed by atoms with Crippen molar-refractivity contribution in [2.45, 2.75) is 19.8 Å². The van der Waals surface area contributed by atoms with Gasteiger partial charge in [-0.2, -0.15) is 0 Å². The maximum absolute atomic E-state index is 13.6. The van der Waals surface area contributed by atoms with E-state index in [1.807, 2.05) is 25.1 Å². The van der Waals surface area contributed by atoms with Crippen LogP contribution in [0.3, 0.4) is 0 Å². The minimum Gasteiger partial charge on any atom is -0.424 e. The molecule has 1 aromatic heterocycles. The number of fused-ring (bicyclic) bond motifs is 1. The molecule has 23 heavy (non-hydrogen) atoms. The van der Waals surface area contributed by atoms with Gasteiger partial charge < -0.3 is 9.72 Å². The molecule has 0 aliphatic heterocycles. The van der Waals surface area contributed by atoms with Gasteiger partial charge >= 0.3 is 5.97 Å². The van der Waals surface area contributed by atoms with Crippen LogP contribution < -0.4 is 4.74 Å². The molecule has 0 saturated heterocycles. The lowest BCUT2D eigenvalue weighted by molar-refractivity contribution is -0.134. The Kier molecular flexibility index (Phi) is 4.35. The van der Waals surface area contributed by atoms with Crippen molar-refractivity contribution in [3.63, 3.8) is 0 Å². The van der Waals surface area contributed by atoms with E-state index in [1.54, 1.807) is 12.1 Å². The first kappa shape index (κ1) is 15.6. The third-order valence-corrected chi connectivity index (χ3v) is 3.86. The van der Waals surface area contributed by atoms with Crippen molar-refractivity contribution in [2.24, 2.45) is 0 Å². The predicted octanol–water partition coefficient (Wildman–Crippen LogP) is 5.33. The van der Waals surface area contributed by atoms with Gasteiger partial charge in [0.1, 0.15) is 5.82 Å². The van der Waals surface area contributed by atoms with E-state index in [4.69, 9.17) is 16.3 Å². The van der Waals surface area contributed by atoms with E-state index in [2.05, 4.69) is 4.98 Å². The first-order valence-electron chi connectivity index (χ1n) is 7.37. The lowest BCUT2D eigenvalue weighted by atomic mass is 10.1. The van der Waals surface area contributed by atoms with E-state index >= 15 is 0 Å². The zero-order valence-corrected chi connectivity index (χ0v) is 13.3. The second-order valence-corrected chi connectivity index (χ2v) is 5.63. The summed E-state index contributed by atoms with van der Waals surface area (Å²) in [5.74, 6) is -0.438. The number of nitrogens with one attached hydrogen (secondary N) is 1. The van der Waals surface area contributed by atoms with Crippen LogP contribution in [-0.2, 0) is 4.79 Å². The normalized spacial score (nSPS) is 10.9. The van der Waals surface area contributed by atoms with Crippen LogP contribution in [-0.4, -0.2) is 11.0 Å². The number of hydrogen-bond acceptors (Lipinski definition) is 2. The Morgan fingerprint density at radius 2 is 2.04 bits per heavy atom. The minimum atomic E-state index is -0.394. The van der Waals surface area contributed by atoms with Crippen molar-refractivity contribution >= 4 is 28.5 Å². The highest BCUT2D eigenvalue weighted by atomic mass is 35.5. The molecular formula is C18H15ClFNO2. The zero-order valence-electron chi connectivity index (χ0n) is 12.5. The van der Waals surface area contributed by atoms with Crippen molar-refractivity contribution in [3.05, 3.63) is 53.3 Å². The first-order valence-corrected chi connectivity index (χ1v) is 7.74. The monoisotopic (exact) mass is 331 g/mol. The lowest BCUT2D eigenvalue weighted by Crippen LogP contribution is -2.07. The van der Waals surface area contributed by atoms with Crippen LogP contribution >= 0.6 is 11.6 Å². The topological polar surface area (TPSA) is 42.1 Å². The summed E-state index contributed by atoms with van der Waals surface area (Å²) in [7, 11) is 0. The summed E-state index contributed by atoms with van der Waals surface area (Å²) in [6, 6.07) is 11.5. The van der Waals surface area contributed by atoms with E-state index in [1.165, 1.54) is 12.1 Å². The molecule has 5 heteroatoms. The van der Waals surface area contributed by atoms with Crippen LogP contribution in [0.5, 0.6) is 5.75 Å². The van der Waals surface area contributed by atoms with Crippen LogP contribution in [0, 0.1) is 5.82 Å². The summed E-state index contributed by atoms with van der Waals surface area (Å²) in [4.78, 5) is 15.1. The standard InChI is InChI=1S/C18H15ClFNO2/c1-2-5-16(22)23-18-13-10-11(20)8-9-15(13)21-17(18)12-6-3-4-7-14(12)19/h3-4,6-10,21H,2,5H2,1H3. The van der Waals surface area contributed by atoms with Gasteiger partial charge in [0.25, 0.3) is 0 Å². The van der Waals surface area contributed by atoms with Crippen molar-refractivity contribution in [1.82, 2.24) is 4.98 Å². The van der Waals surface area contributed by atoms with Crippen LogP contribution in [0.15, 0.2) is 42.5 Å². The highest BCUT2D eigenvalue weighted by Gasteiger charge is 2.19. The van der Waals surface area contributed by atoms with Gasteiger partial charge in [0.05, 0.1) is 10.7 Å². The molecule has 2 aromatic carbocycles. The fourth-order valence-corrected chi connectivity index (χ4v) is 2.70. The maximum Gasteiger partial charge on any atom is 0.311 e. The number of hydrogen-bond donors (Lipinski definition) is 1. The molecule has 0 unspecified atom stereocenters. The van der Waals surface area contributed by atoms with Gasteiger partial charge in [-0.1, -0.05) is 36.7 Å². The molecule has 1 heterocycles. The summed E-state index contributed by atoms with van der Waals surface area (Å²) in [5.41, 5.74) is 1.95. The number of benzene rings is 2. The van der Waals surface area contributed by atoms with Gasteiger partial charge in [-0.25, -0.2) is 4.39 Å². The molecule has 0 bridgehead atoms. The molecule has 0 atom stereocenters. The highest BCUT2D eigenvalue weighted by molar-refractivity contribution is 6.33. The molecule has 1 N–H and O–H groups in total. The SMILES string of the molecule is CCCC(=O)Oc1c(-c2ccccc2Cl)[nH]c2ccc(F)cc12. The molecule has 3 rings (SSSR count). The molecular weight excluding hydrogens is 317 g/mol. The fraction of sp³-hybridized carbons (Fsp3) is 0.167. The van der Waals surface area contributed by atoms with E-state index in [-0.39, 0.29) is 5.97 Å². The number of esters is 1. The molecule has 0 aliphatic carbocycles. The minimum absolute atomic E-state index is 0.296. The van der Waals surface area contributed by atoms with E-state index < -0.39 is 5.82 Å². The smallest absolute Gasteiger partial charge is 0.311 e. The molecule has 118 valence electrons. The molecule has 0 fully saturated rings. The van der Waals surface area contributed by atoms with Crippen molar-refractivity contribution in [1.29, 1.82) is 0 Å². The summed E-state index contributed by atoms with van der Waals surface area (Å²) in [6.07, 6.45) is 0.973. The number of H-pyrrole nitrogens is 1. The van der Waals surface area contributed by atoms with Crippen molar-refractivity contribution in [3.8, 4) is 17.0 Å². The van der Waals surface area contributed by atoms with Gasteiger partial charge in [0.15, 0.2) is 5.75 Å². The Morgan fingerprint density at radius 1 is 1.26 bits per heavy atom. The number of halogens is 2. The number of rotatable bonds is 4. The van der Waals surface area contributed by atoms with Gasteiger partial charge in [0, 0.05) is 22.9 Å². The molecule has 0 radical (unpaired) electrons. The van der Waals surface area contributed by atoms with Crippen LogP contribution in [0.1, 0.15) is 19.8 Å². The Hall–Kier alpha value is -2.33. The predicted molar refractivity (Wildman–Crippen MR) is 89.2 cm³/mol. The highest BCUT2D eigenvalue weighted by Crippen LogP contribution is 2.40. The third kappa shape index (κ3) is 3.08. The largest absolute Gasteiger partial charge is 0.424 e. The number of carbonyl (C=O) groups is 1. The van der Waals surface area contributed by atoms with Crippen LogP contribution in [0.4, 0.5) is 4.39 Å². The average Bonchev–Trinajstić information content (AvgIpc) is 2.86. The maximum atomic E-state index is 13.6. The van der Waals surface area contributed by atoms with E-state index in [9.17, 15) is 9.18 Å². The second-order valence-electron chi connectivity index (χ2n) is 5.22.